The first-order valence-corrected chi connectivity index (χ1v) is 9.52. The van der Waals surface area contributed by atoms with E-state index in [2.05, 4.69) is 15.6 Å². The Balaban J connectivity index is 1.61. The summed E-state index contributed by atoms with van der Waals surface area (Å²) in [5.74, 6) is 0.523. The number of hydrogen-bond acceptors (Lipinski definition) is 6. The minimum atomic E-state index is -2.95. The van der Waals surface area contributed by atoms with Gasteiger partial charge in [0.15, 0.2) is 9.84 Å². The number of carbonyl (C=O) groups is 1. The number of aromatic nitrogens is 1. The number of hydrogen-bond donors (Lipinski definition) is 2. The number of nitrogens with one attached hydrogen (secondary N) is 2. The second kappa shape index (κ2) is 6.91. The van der Waals surface area contributed by atoms with Crippen molar-refractivity contribution in [2.45, 2.75) is 12.5 Å². The molecular formula is C17H16N4O3S. The van der Waals surface area contributed by atoms with E-state index in [1.54, 1.807) is 36.4 Å². The summed E-state index contributed by atoms with van der Waals surface area (Å²) in [7, 11) is -2.95. The van der Waals surface area contributed by atoms with Crippen molar-refractivity contribution in [1.29, 1.82) is 5.26 Å². The molecule has 2 heterocycles. The monoisotopic (exact) mass is 356 g/mol. The van der Waals surface area contributed by atoms with Crippen LogP contribution in [0.1, 0.15) is 22.3 Å². The van der Waals surface area contributed by atoms with Gasteiger partial charge in [0.2, 0.25) is 0 Å². The van der Waals surface area contributed by atoms with E-state index in [4.69, 9.17) is 5.26 Å². The fourth-order valence-corrected chi connectivity index (χ4v) is 4.24. The van der Waals surface area contributed by atoms with E-state index < -0.39 is 9.84 Å². The molecule has 2 aromatic rings. The van der Waals surface area contributed by atoms with Crippen LogP contribution in [0.2, 0.25) is 0 Å². The predicted molar refractivity (Wildman–Crippen MR) is 94.0 cm³/mol. The second-order valence-corrected chi connectivity index (χ2v) is 8.05. The molecule has 0 saturated carbocycles. The molecule has 128 valence electrons. The molecule has 1 unspecified atom stereocenters. The van der Waals surface area contributed by atoms with E-state index in [1.807, 2.05) is 6.07 Å². The standard InChI is InChI=1S/C17H16N4O3S/c18-9-12-1-4-14(5-2-12)21-17(22)13-3-6-16(19-10-13)20-15-7-8-25(23,24)11-15/h1-6,10,15H,7-8,11H2,(H,19,20)(H,21,22). The van der Waals surface area contributed by atoms with Gasteiger partial charge in [0.05, 0.1) is 28.7 Å². The Morgan fingerprint density at radius 1 is 1.20 bits per heavy atom. The smallest absolute Gasteiger partial charge is 0.257 e. The minimum absolute atomic E-state index is 0.107. The van der Waals surface area contributed by atoms with E-state index in [-0.39, 0.29) is 23.5 Å². The fourth-order valence-electron chi connectivity index (χ4n) is 2.56. The molecule has 3 rings (SSSR count). The van der Waals surface area contributed by atoms with Crippen molar-refractivity contribution in [3.05, 3.63) is 53.7 Å². The van der Waals surface area contributed by atoms with Crippen LogP contribution in [0.3, 0.4) is 0 Å². The molecule has 0 aliphatic carbocycles. The highest BCUT2D eigenvalue weighted by molar-refractivity contribution is 7.91. The second-order valence-electron chi connectivity index (χ2n) is 5.82. The largest absolute Gasteiger partial charge is 0.366 e. The maximum Gasteiger partial charge on any atom is 0.257 e. The Bertz CT molecular complexity index is 916. The molecule has 1 amide bonds. The van der Waals surface area contributed by atoms with Crippen LogP contribution in [0, 0.1) is 11.3 Å². The van der Waals surface area contributed by atoms with E-state index >= 15 is 0 Å². The van der Waals surface area contributed by atoms with Crippen LogP contribution in [-0.2, 0) is 9.84 Å². The summed E-state index contributed by atoms with van der Waals surface area (Å²) in [6, 6.07) is 11.7. The third-order valence-electron chi connectivity index (χ3n) is 3.88. The average Bonchev–Trinajstić information content (AvgIpc) is 2.94. The van der Waals surface area contributed by atoms with Gasteiger partial charge in [-0.25, -0.2) is 13.4 Å². The van der Waals surface area contributed by atoms with Gasteiger partial charge in [0, 0.05) is 17.9 Å². The number of pyridine rings is 1. The highest BCUT2D eigenvalue weighted by Gasteiger charge is 2.27. The lowest BCUT2D eigenvalue weighted by Gasteiger charge is -2.11. The molecule has 8 heteroatoms. The van der Waals surface area contributed by atoms with Crippen molar-refractivity contribution in [3.63, 3.8) is 0 Å². The van der Waals surface area contributed by atoms with Crippen LogP contribution in [-0.4, -0.2) is 36.9 Å². The van der Waals surface area contributed by atoms with Gasteiger partial charge in [0.1, 0.15) is 5.82 Å². The quantitative estimate of drug-likeness (QED) is 0.864. The molecule has 1 atom stereocenters. The van der Waals surface area contributed by atoms with Crippen molar-refractivity contribution >= 4 is 27.2 Å². The van der Waals surface area contributed by atoms with E-state index in [0.717, 1.165) is 0 Å². The number of rotatable bonds is 4. The Morgan fingerprint density at radius 2 is 1.96 bits per heavy atom. The van der Waals surface area contributed by atoms with Gasteiger partial charge < -0.3 is 10.6 Å². The number of sulfone groups is 1. The summed E-state index contributed by atoms with van der Waals surface area (Å²) in [5, 5.41) is 14.6. The third-order valence-corrected chi connectivity index (χ3v) is 5.65. The van der Waals surface area contributed by atoms with Gasteiger partial charge in [0.25, 0.3) is 5.91 Å². The molecule has 1 aromatic heterocycles. The molecule has 1 aromatic carbocycles. The molecular weight excluding hydrogens is 340 g/mol. The molecule has 7 nitrogen and oxygen atoms in total. The van der Waals surface area contributed by atoms with Crippen LogP contribution >= 0.6 is 0 Å². The highest BCUT2D eigenvalue weighted by atomic mass is 32.2. The van der Waals surface area contributed by atoms with Gasteiger partial charge in [-0.05, 0) is 42.8 Å². The fraction of sp³-hybridized carbons (Fsp3) is 0.235. The Morgan fingerprint density at radius 3 is 2.52 bits per heavy atom. The van der Waals surface area contributed by atoms with Gasteiger partial charge in [-0.15, -0.1) is 0 Å². The van der Waals surface area contributed by atoms with Crippen molar-refractivity contribution in [2.24, 2.45) is 0 Å². The van der Waals surface area contributed by atoms with Gasteiger partial charge in [-0.1, -0.05) is 0 Å². The van der Waals surface area contributed by atoms with E-state index in [1.165, 1.54) is 6.20 Å². The SMILES string of the molecule is N#Cc1ccc(NC(=O)c2ccc(NC3CCS(=O)(=O)C3)nc2)cc1. The summed E-state index contributed by atoms with van der Waals surface area (Å²) in [4.78, 5) is 16.4. The topological polar surface area (TPSA) is 112 Å². The van der Waals surface area contributed by atoms with E-state index in [0.29, 0.717) is 29.1 Å². The van der Waals surface area contributed by atoms with E-state index in [9.17, 15) is 13.2 Å². The molecule has 1 aliphatic heterocycles. The summed E-state index contributed by atoms with van der Waals surface area (Å²) in [5.41, 5.74) is 1.49. The Labute approximate surface area is 145 Å². The van der Waals surface area contributed by atoms with Crippen LogP contribution in [0.25, 0.3) is 0 Å². The third kappa shape index (κ3) is 4.33. The number of anilines is 2. The van der Waals surface area contributed by atoms with Gasteiger partial charge >= 0.3 is 0 Å². The minimum Gasteiger partial charge on any atom is -0.366 e. The van der Waals surface area contributed by atoms with Crippen LogP contribution in [0.5, 0.6) is 0 Å². The van der Waals surface area contributed by atoms with Crippen LogP contribution in [0.15, 0.2) is 42.6 Å². The summed E-state index contributed by atoms with van der Waals surface area (Å²) in [6.07, 6.45) is 2.00. The van der Waals surface area contributed by atoms with Crippen molar-refractivity contribution < 1.29 is 13.2 Å². The number of nitrogens with zero attached hydrogens (tertiary/aromatic N) is 2. The number of amides is 1. The maximum absolute atomic E-state index is 12.2. The van der Waals surface area contributed by atoms with Crippen molar-refractivity contribution in [3.8, 4) is 6.07 Å². The normalized spacial score (nSPS) is 18.3. The first-order chi connectivity index (χ1) is 11.9. The molecule has 1 saturated heterocycles. The van der Waals surface area contributed by atoms with Crippen molar-refractivity contribution in [2.75, 3.05) is 22.1 Å². The zero-order chi connectivity index (χ0) is 17.9. The number of benzene rings is 1. The Kier molecular flexibility index (Phi) is 4.67. The highest BCUT2D eigenvalue weighted by Crippen LogP contribution is 2.17. The van der Waals surface area contributed by atoms with Crippen molar-refractivity contribution in [1.82, 2.24) is 4.98 Å². The number of nitriles is 1. The number of carbonyl (C=O) groups excluding carboxylic acids is 1. The molecule has 2 N–H and O–H groups in total. The Hall–Kier alpha value is -2.92. The molecule has 0 radical (unpaired) electrons. The van der Waals surface area contributed by atoms with Crippen LogP contribution < -0.4 is 10.6 Å². The lowest BCUT2D eigenvalue weighted by molar-refractivity contribution is 0.102. The zero-order valence-electron chi connectivity index (χ0n) is 13.3. The van der Waals surface area contributed by atoms with Gasteiger partial charge in [-0.2, -0.15) is 5.26 Å². The lowest BCUT2D eigenvalue weighted by atomic mass is 10.2. The average molecular weight is 356 g/mol. The molecule has 1 fully saturated rings. The lowest BCUT2D eigenvalue weighted by Crippen LogP contribution is -2.21. The molecule has 25 heavy (non-hydrogen) atoms. The first kappa shape index (κ1) is 16.9. The first-order valence-electron chi connectivity index (χ1n) is 7.70. The maximum atomic E-state index is 12.2. The molecule has 0 bridgehead atoms. The zero-order valence-corrected chi connectivity index (χ0v) is 14.1. The van der Waals surface area contributed by atoms with Crippen LogP contribution in [0.4, 0.5) is 11.5 Å². The molecule has 1 aliphatic rings. The summed E-state index contributed by atoms with van der Waals surface area (Å²) < 4.78 is 22.9. The van der Waals surface area contributed by atoms with Gasteiger partial charge in [-0.3, -0.25) is 4.79 Å². The molecule has 0 spiro atoms. The summed E-state index contributed by atoms with van der Waals surface area (Å²) in [6.45, 7) is 0. The predicted octanol–water partition coefficient (Wildman–Crippen LogP) is 1.80. The summed E-state index contributed by atoms with van der Waals surface area (Å²) >= 11 is 0.